The van der Waals surface area contributed by atoms with Gasteiger partial charge in [-0.25, -0.2) is 0 Å². The summed E-state index contributed by atoms with van der Waals surface area (Å²) in [7, 11) is 1.74. The second-order valence-electron chi connectivity index (χ2n) is 8.00. The number of hydrogen-bond donors (Lipinski definition) is 0. The van der Waals surface area contributed by atoms with Crippen LogP contribution in [-0.4, -0.2) is 56.7 Å². The van der Waals surface area contributed by atoms with Gasteiger partial charge < -0.3 is 14.2 Å². The van der Waals surface area contributed by atoms with Gasteiger partial charge in [-0.3, -0.25) is 4.90 Å². The predicted octanol–water partition coefficient (Wildman–Crippen LogP) is 4.17. The van der Waals surface area contributed by atoms with Crippen LogP contribution in [0.4, 0.5) is 0 Å². The van der Waals surface area contributed by atoms with Crippen LogP contribution >= 0.6 is 0 Å². The SMILES string of the molecule is C=CCN(CCOC)CCC1COC2(CC=C(C(C)(C)CC)CC2)O1. The van der Waals surface area contributed by atoms with Crippen molar-refractivity contribution in [3.8, 4) is 0 Å². The Morgan fingerprint density at radius 3 is 2.84 bits per heavy atom. The third kappa shape index (κ3) is 5.65. The highest BCUT2D eigenvalue weighted by Crippen LogP contribution is 2.43. The average Bonchev–Trinajstić information content (AvgIpc) is 3.00. The molecule has 2 rings (SSSR count). The third-order valence-electron chi connectivity index (χ3n) is 5.87. The fourth-order valence-electron chi connectivity index (χ4n) is 3.67. The van der Waals surface area contributed by atoms with Crippen molar-refractivity contribution >= 4 is 0 Å². The van der Waals surface area contributed by atoms with Gasteiger partial charge in [0.2, 0.25) is 0 Å². The number of allylic oxidation sites excluding steroid dienone is 1. The molecule has 2 aliphatic rings. The zero-order valence-electron chi connectivity index (χ0n) is 16.7. The molecule has 144 valence electrons. The molecule has 0 aromatic heterocycles. The number of hydrogen-bond acceptors (Lipinski definition) is 4. The lowest BCUT2D eigenvalue weighted by Gasteiger charge is -2.36. The first-order valence-electron chi connectivity index (χ1n) is 9.78. The van der Waals surface area contributed by atoms with Gasteiger partial charge in [0.25, 0.3) is 0 Å². The maximum atomic E-state index is 6.37. The summed E-state index contributed by atoms with van der Waals surface area (Å²) in [5, 5.41) is 0. The van der Waals surface area contributed by atoms with Crippen molar-refractivity contribution in [2.45, 2.75) is 64.8 Å². The van der Waals surface area contributed by atoms with Gasteiger partial charge in [0.1, 0.15) is 0 Å². The monoisotopic (exact) mass is 351 g/mol. The average molecular weight is 352 g/mol. The van der Waals surface area contributed by atoms with E-state index in [-0.39, 0.29) is 11.9 Å². The van der Waals surface area contributed by atoms with Gasteiger partial charge in [-0.05, 0) is 24.7 Å². The van der Waals surface area contributed by atoms with Crippen LogP contribution in [0.5, 0.6) is 0 Å². The highest BCUT2D eigenvalue weighted by Gasteiger charge is 2.43. The van der Waals surface area contributed by atoms with Crippen molar-refractivity contribution in [3.05, 3.63) is 24.3 Å². The predicted molar refractivity (Wildman–Crippen MR) is 103 cm³/mol. The van der Waals surface area contributed by atoms with E-state index in [0.29, 0.717) is 12.0 Å². The number of nitrogens with zero attached hydrogens (tertiary/aromatic N) is 1. The van der Waals surface area contributed by atoms with Crippen molar-refractivity contribution in [1.82, 2.24) is 4.90 Å². The van der Waals surface area contributed by atoms with E-state index in [2.05, 4.69) is 38.3 Å². The molecule has 4 heteroatoms. The van der Waals surface area contributed by atoms with Crippen LogP contribution in [0.15, 0.2) is 24.3 Å². The van der Waals surface area contributed by atoms with Gasteiger partial charge in [-0.2, -0.15) is 0 Å². The van der Waals surface area contributed by atoms with Crippen LogP contribution in [0.25, 0.3) is 0 Å². The minimum atomic E-state index is -0.367. The minimum Gasteiger partial charge on any atom is -0.383 e. The van der Waals surface area contributed by atoms with E-state index >= 15 is 0 Å². The lowest BCUT2D eigenvalue weighted by Crippen LogP contribution is -2.35. The Hall–Kier alpha value is -0.680. The summed E-state index contributed by atoms with van der Waals surface area (Å²) in [6.45, 7) is 15.1. The van der Waals surface area contributed by atoms with Crippen LogP contribution in [0.2, 0.25) is 0 Å². The highest BCUT2D eigenvalue weighted by molar-refractivity contribution is 5.17. The standard InChI is InChI=1S/C21H37NO3/c1-6-13-22(15-16-23-5)14-10-19-17-24-21(25-19)11-8-18(9-12-21)20(3,4)7-2/h6,8,19H,1,7,9-17H2,2-5H3. The molecule has 0 aromatic rings. The molecule has 4 nitrogen and oxygen atoms in total. The van der Waals surface area contributed by atoms with E-state index in [1.54, 1.807) is 12.7 Å². The lowest BCUT2D eigenvalue weighted by molar-refractivity contribution is -0.174. The molecule has 25 heavy (non-hydrogen) atoms. The topological polar surface area (TPSA) is 30.9 Å². The first kappa shape index (κ1) is 20.6. The molecule has 2 atom stereocenters. The summed E-state index contributed by atoms with van der Waals surface area (Å²) in [4.78, 5) is 2.35. The molecule has 1 heterocycles. The molecule has 0 N–H and O–H groups in total. The second-order valence-corrected chi connectivity index (χ2v) is 8.00. The molecule has 1 spiro atoms. The van der Waals surface area contributed by atoms with Crippen LogP contribution in [0.1, 0.15) is 52.9 Å². The van der Waals surface area contributed by atoms with Crippen molar-refractivity contribution in [3.63, 3.8) is 0 Å². The molecule has 1 aliphatic carbocycles. The molecule has 0 aromatic carbocycles. The molecule has 0 saturated carbocycles. The van der Waals surface area contributed by atoms with Gasteiger partial charge in [-0.15, -0.1) is 6.58 Å². The maximum Gasteiger partial charge on any atom is 0.172 e. The van der Waals surface area contributed by atoms with Crippen LogP contribution in [0.3, 0.4) is 0 Å². The zero-order valence-corrected chi connectivity index (χ0v) is 16.7. The first-order valence-corrected chi connectivity index (χ1v) is 9.78. The summed E-state index contributed by atoms with van der Waals surface area (Å²) in [6, 6.07) is 0. The molecule has 2 unspecified atom stereocenters. The van der Waals surface area contributed by atoms with Crippen molar-refractivity contribution in [1.29, 1.82) is 0 Å². The zero-order chi connectivity index (χ0) is 18.3. The smallest absolute Gasteiger partial charge is 0.172 e. The summed E-state index contributed by atoms with van der Waals surface area (Å²) < 4.78 is 17.7. The Labute approximate surface area is 154 Å². The highest BCUT2D eigenvalue weighted by atomic mass is 16.7. The van der Waals surface area contributed by atoms with Gasteiger partial charge in [0, 0.05) is 39.6 Å². The van der Waals surface area contributed by atoms with Crippen molar-refractivity contribution in [2.75, 3.05) is 40.0 Å². The Morgan fingerprint density at radius 2 is 2.24 bits per heavy atom. The summed E-state index contributed by atoms with van der Waals surface area (Å²) in [5.41, 5.74) is 1.86. The molecule has 1 fully saturated rings. The quantitative estimate of drug-likeness (QED) is 0.553. The summed E-state index contributed by atoms with van der Waals surface area (Å²) in [6.07, 6.45) is 9.66. The molecule has 1 saturated heterocycles. The van der Waals surface area contributed by atoms with E-state index < -0.39 is 0 Å². The Bertz CT molecular complexity index is 460. The fourth-order valence-corrected chi connectivity index (χ4v) is 3.67. The van der Waals surface area contributed by atoms with Crippen LogP contribution < -0.4 is 0 Å². The normalized spacial score (nSPS) is 27.1. The summed E-state index contributed by atoms with van der Waals surface area (Å²) in [5.74, 6) is -0.367. The third-order valence-corrected chi connectivity index (χ3v) is 5.87. The second kappa shape index (κ2) is 9.31. The molecular formula is C21H37NO3. The van der Waals surface area contributed by atoms with Gasteiger partial charge >= 0.3 is 0 Å². The van der Waals surface area contributed by atoms with Crippen LogP contribution in [0, 0.1) is 5.41 Å². The van der Waals surface area contributed by atoms with E-state index in [0.717, 1.165) is 51.9 Å². The number of ether oxygens (including phenoxy) is 3. The molecule has 0 bridgehead atoms. The molecule has 0 amide bonds. The molecule has 0 radical (unpaired) electrons. The minimum absolute atomic E-state index is 0.198. The van der Waals surface area contributed by atoms with Crippen molar-refractivity contribution < 1.29 is 14.2 Å². The van der Waals surface area contributed by atoms with Gasteiger partial charge in [-0.1, -0.05) is 38.5 Å². The Morgan fingerprint density at radius 1 is 1.44 bits per heavy atom. The lowest BCUT2D eigenvalue weighted by atomic mass is 9.75. The first-order chi connectivity index (χ1) is 11.9. The van der Waals surface area contributed by atoms with Gasteiger partial charge in [0.05, 0.1) is 19.3 Å². The van der Waals surface area contributed by atoms with E-state index in [9.17, 15) is 0 Å². The van der Waals surface area contributed by atoms with Crippen molar-refractivity contribution in [2.24, 2.45) is 5.41 Å². The maximum absolute atomic E-state index is 6.37. The largest absolute Gasteiger partial charge is 0.383 e. The van der Waals surface area contributed by atoms with E-state index in [4.69, 9.17) is 14.2 Å². The van der Waals surface area contributed by atoms with Gasteiger partial charge in [0.15, 0.2) is 5.79 Å². The number of methoxy groups -OCH3 is 1. The Kier molecular flexibility index (Phi) is 7.68. The van der Waals surface area contributed by atoms with E-state index in [1.807, 2.05) is 6.08 Å². The Balaban J connectivity index is 1.82. The van der Waals surface area contributed by atoms with E-state index in [1.165, 1.54) is 6.42 Å². The summed E-state index contributed by atoms with van der Waals surface area (Å²) >= 11 is 0. The fraction of sp³-hybridized carbons (Fsp3) is 0.810. The number of rotatable bonds is 10. The molecular weight excluding hydrogens is 314 g/mol. The molecule has 1 aliphatic heterocycles. The van der Waals surface area contributed by atoms with Crippen LogP contribution in [-0.2, 0) is 14.2 Å².